The van der Waals surface area contributed by atoms with E-state index in [1.807, 2.05) is 11.3 Å². The predicted molar refractivity (Wildman–Crippen MR) is 167 cm³/mol. The van der Waals surface area contributed by atoms with Crippen LogP contribution >= 0.6 is 22.7 Å². The Balaban J connectivity index is 1.50. The highest BCUT2D eigenvalue weighted by molar-refractivity contribution is 7.22. The van der Waals surface area contributed by atoms with Crippen molar-refractivity contribution in [3.63, 3.8) is 0 Å². The number of fused-ring (bicyclic) bond motifs is 3. The van der Waals surface area contributed by atoms with Gasteiger partial charge in [0.05, 0.1) is 4.88 Å². The van der Waals surface area contributed by atoms with Gasteiger partial charge in [-0.05, 0) is 41.5 Å². The summed E-state index contributed by atoms with van der Waals surface area (Å²) >= 11 is 3.62. The summed E-state index contributed by atoms with van der Waals surface area (Å²) < 4.78 is 0. The summed E-state index contributed by atoms with van der Waals surface area (Å²) in [6.45, 7) is 4.59. The van der Waals surface area contributed by atoms with E-state index in [0.29, 0.717) is 0 Å². The Morgan fingerprint density at radius 2 is 1.08 bits per heavy atom. The molecule has 0 spiro atoms. The van der Waals surface area contributed by atoms with Crippen LogP contribution in [-0.2, 0) is 5.41 Å². The maximum absolute atomic E-state index is 11.7. The van der Waals surface area contributed by atoms with Gasteiger partial charge in [-0.25, -0.2) is 0 Å². The second kappa shape index (κ2) is 17.6. The Labute approximate surface area is 236 Å². The van der Waals surface area contributed by atoms with Crippen molar-refractivity contribution in [2.45, 2.75) is 161 Å². The Morgan fingerprint density at radius 1 is 0.622 bits per heavy atom. The molecular formula is C34H54OS2. The van der Waals surface area contributed by atoms with E-state index in [-0.39, 0.29) is 5.41 Å². The summed E-state index contributed by atoms with van der Waals surface area (Å²) in [4.78, 5) is 15.5. The molecule has 37 heavy (non-hydrogen) atoms. The summed E-state index contributed by atoms with van der Waals surface area (Å²) in [7, 11) is 0. The van der Waals surface area contributed by atoms with Gasteiger partial charge in [-0.3, -0.25) is 4.79 Å². The minimum absolute atomic E-state index is 0.155. The lowest BCUT2D eigenvalue weighted by Crippen LogP contribution is -2.25. The first kappa shape index (κ1) is 30.6. The van der Waals surface area contributed by atoms with Gasteiger partial charge < -0.3 is 0 Å². The molecule has 0 amide bonds. The second-order valence-electron chi connectivity index (χ2n) is 11.6. The third kappa shape index (κ3) is 9.06. The number of hydrogen-bond donors (Lipinski definition) is 0. The standard InChI is InChI=1S/C34H54OS2/c1-3-5-7-9-11-13-15-17-19-21-24-34(25-22-20-18-16-14-12-10-8-6-4-2)30-23-26-36-32(30)33-31(34)27-29(28-35)37-33/h23,26-28H,3-22,24-25H2,1-2H3. The SMILES string of the molecule is CCCCCCCCCCCCC1(CCCCCCCCCCCC)c2ccsc2-c2sc(C=O)cc21. The van der Waals surface area contributed by atoms with Crippen molar-refractivity contribution in [2.75, 3.05) is 0 Å². The Morgan fingerprint density at radius 3 is 1.54 bits per heavy atom. The van der Waals surface area contributed by atoms with E-state index in [0.717, 1.165) is 11.2 Å². The van der Waals surface area contributed by atoms with Crippen molar-refractivity contribution < 1.29 is 4.79 Å². The minimum atomic E-state index is 0.155. The molecule has 0 bridgehead atoms. The highest BCUT2D eigenvalue weighted by Crippen LogP contribution is 2.58. The number of carbonyl (C=O) groups excluding carboxylic acids is 1. The topological polar surface area (TPSA) is 17.1 Å². The Bertz CT molecular complexity index is 852. The molecule has 2 aromatic heterocycles. The maximum atomic E-state index is 11.7. The first-order chi connectivity index (χ1) is 18.3. The van der Waals surface area contributed by atoms with E-state index in [9.17, 15) is 4.79 Å². The smallest absolute Gasteiger partial charge is 0.160 e. The summed E-state index contributed by atoms with van der Waals surface area (Å²) in [5, 5.41) is 2.29. The van der Waals surface area contributed by atoms with Gasteiger partial charge in [0.25, 0.3) is 0 Å². The van der Waals surface area contributed by atoms with E-state index in [1.54, 1.807) is 16.9 Å². The van der Waals surface area contributed by atoms with Crippen LogP contribution in [0.2, 0.25) is 0 Å². The van der Waals surface area contributed by atoms with Crippen LogP contribution in [0.15, 0.2) is 17.5 Å². The third-order valence-corrected chi connectivity index (χ3v) is 10.8. The molecule has 0 aromatic carbocycles. The highest BCUT2D eigenvalue weighted by Gasteiger charge is 2.44. The number of aldehydes is 1. The predicted octanol–water partition coefficient (Wildman–Crippen LogP) is 12.5. The van der Waals surface area contributed by atoms with Gasteiger partial charge in [0.2, 0.25) is 0 Å². The highest BCUT2D eigenvalue weighted by atomic mass is 32.1. The van der Waals surface area contributed by atoms with Crippen LogP contribution < -0.4 is 0 Å². The lowest BCUT2D eigenvalue weighted by atomic mass is 9.71. The molecule has 0 saturated heterocycles. The molecule has 0 saturated carbocycles. The molecule has 1 nitrogen and oxygen atoms in total. The molecule has 208 valence electrons. The van der Waals surface area contributed by atoms with Crippen LogP contribution in [-0.4, -0.2) is 6.29 Å². The summed E-state index contributed by atoms with van der Waals surface area (Å²) in [5.74, 6) is 0. The zero-order chi connectivity index (χ0) is 26.2. The number of hydrogen-bond acceptors (Lipinski definition) is 3. The fraction of sp³-hybridized carbons (Fsp3) is 0.735. The lowest BCUT2D eigenvalue weighted by molar-refractivity contribution is 0.112. The van der Waals surface area contributed by atoms with Crippen molar-refractivity contribution in [3.8, 4) is 9.75 Å². The second-order valence-corrected chi connectivity index (χ2v) is 13.6. The molecule has 1 aliphatic carbocycles. The van der Waals surface area contributed by atoms with Crippen molar-refractivity contribution in [3.05, 3.63) is 33.5 Å². The van der Waals surface area contributed by atoms with Crippen LogP contribution in [0.4, 0.5) is 0 Å². The van der Waals surface area contributed by atoms with E-state index in [2.05, 4.69) is 31.4 Å². The van der Waals surface area contributed by atoms with Crippen LogP contribution in [0, 0.1) is 0 Å². The molecule has 2 aromatic rings. The summed E-state index contributed by atoms with van der Waals surface area (Å²) in [6, 6.07) is 4.67. The average molecular weight is 543 g/mol. The average Bonchev–Trinajstić information content (AvgIpc) is 3.61. The van der Waals surface area contributed by atoms with Crippen molar-refractivity contribution in [1.29, 1.82) is 0 Å². The molecule has 0 atom stereocenters. The number of rotatable bonds is 23. The third-order valence-electron chi connectivity index (χ3n) is 8.68. The molecule has 0 unspecified atom stereocenters. The molecule has 1 aliphatic rings. The molecule has 0 N–H and O–H groups in total. The Kier molecular flexibility index (Phi) is 14.6. The van der Waals surface area contributed by atoms with Gasteiger partial charge in [0.15, 0.2) is 6.29 Å². The van der Waals surface area contributed by atoms with E-state index < -0.39 is 0 Å². The number of carbonyl (C=O) groups is 1. The molecule has 2 heterocycles. The maximum Gasteiger partial charge on any atom is 0.160 e. The van der Waals surface area contributed by atoms with Gasteiger partial charge in [0, 0.05) is 15.2 Å². The molecule has 0 fully saturated rings. The summed E-state index contributed by atoms with van der Waals surface area (Å²) in [6.07, 6.45) is 31.4. The first-order valence-corrected chi connectivity index (χ1v) is 17.6. The summed E-state index contributed by atoms with van der Waals surface area (Å²) in [5.41, 5.74) is 3.24. The van der Waals surface area contributed by atoms with E-state index in [1.165, 1.54) is 157 Å². The van der Waals surface area contributed by atoms with Crippen LogP contribution in [0.25, 0.3) is 9.75 Å². The van der Waals surface area contributed by atoms with Gasteiger partial charge in [0.1, 0.15) is 0 Å². The fourth-order valence-electron chi connectivity index (χ4n) is 6.49. The zero-order valence-electron chi connectivity index (χ0n) is 24.1. The van der Waals surface area contributed by atoms with Crippen LogP contribution in [0.5, 0.6) is 0 Å². The number of unbranched alkanes of at least 4 members (excludes halogenated alkanes) is 18. The molecule has 0 aliphatic heterocycles. The minimum Gasteiger partial charge on any atom is -0.297 e. The van der Waals surface area contributed by atoms with Crippen LogP contribution in [0.1, 0.15) is 176 Å². The molecule has 3 heteroatoms. The first-order valence-electron chi connectivity index (χ1n) is 15.9. The van der Waals surface area contributed by atoms with Gasteiger partial charge >= 0.3 is 0 Å². The normalized spacial score (nSPS) is 13.7. The van der Waals surface area contributed by atoms with Crippen molar-refractivity contribution >= 4 is 29.0 Å². The molecule has 0 radical (unpaired) electrons. The molecular weight excluding hydrogens is 489 g/mol. The number of thiophene rings is 2. The monoisotopic (exact) mass is 542 g/mol. The van der Waals surface area contributed by atoms with Gasteiger partial charge in [-0.1, -0.05) is 142 Å². The Hall–Kier alpha value is -0.930. The van der Waals surface area contributed by atoms with Crippen molar-refractivity contribution in [1.82, 2.24) is 0 Å². The quantitative estimate of drug-likeness (QED) is 0.101. The van der Waals surface area contributed by atoms with Gasteiger partial charge in [-0.2, -0.15) is 0 Å². The van der Waals surface area contributed by atoms with Gasteiger partial charge in [-0.15, -0.1) is 22.7 Å². The largest absolute Gasteiger partial charge is 0.297 e. The van der Waals surface area contributed by atoms with Crippen LogP contribution in [0.3, 0.4) is 0 Å². The van der Waals surface area contributed by atoms with Crippen molar-refractivity contribution in [2.24, 2.45) is 0 Å². The lowest BCUT2D eigenvalue weighted by Gasteiger charge is -2.31. The van der Waals surface area contributed by atoms with E-state index in [4.69, 9.17) is 0 Å². The zero-order valence-corrected chi connectivity index (χ0v) is 25.7. The molecule has 3 rings (SSSR count). The fourth-order valence-corrected chi connectivity index (χ4v) is 8.74. The van der Waals surface area contributed by atoms with E-state index >= 15 is 0 Å².